The van der Waals surface area contributed by atoms with Gasteiger partial charge in [0.2, 0.25) is 0 Å². The second kappa shape index (κ2) is 5.03. The summed E-state index contributed by atoms with van der Waals surface area (Å²) < 4.78 is 0. The molecule has 78 valence electrons. The van der Waals surface area contributed by atoms with E-state index in [2.05, 4.69) is 22.3 Å². The number of aryl methyl sites for hydroxylation is 1. The summed E-state index contributed by atoms with van der Waals surface area (Å²) in [4.78, 5) is 8.60. The van der Waals surface area contributed by atoms with Gasteiger partial charge in [0, 0.05) is 24.2 Å². The first-order valence-electron chi connectivity index (χ1n) is 5.20. The molecule has 0 amide bonds. The van der Waals surface area contributed by atoms with Crippen LogP contribution in [0.3, 0.4) is 0 Å². The van der Waals surface area contributed by atoms with Gasteiger partial charge >= 0.3 is 0 Å². The average molecular weight is 218 g/mol. The van der Waals surface area contributed by atoms with Crippen molar-refractivity contribution in [1.82, 2.24) is 9.97 Å². The SMILES string of the molecule is CCCc1csc(Cc2ccncc2)n1. The highest BCUT2D eigenvalue weighted by atomic mass is 32.1. The maximum atomic E-state index is 4.59. The molecule has 2 rings (SSSR count). The van der Waals surface area contributed by atoms with E-state index in [1.54, 1.807) is 11.3 Å². The minimum atomic E-state index is 0.927. The van der Waals surface area contributed by atoms with Gasteiger partial charge < -0.3 is 0 Å². The summed E-state index contributed by atoms with van der Waals surface area (Å²) in [5, 5.41) is 3.37. The van der Waals surface area contributed by atoms with E-state index in [0.29, 0.717) is 0 Å². The van der Waals surface area contributed by atoms with Crippen LogP contribution in [0.5, 0.6) is 0 Å². The third kappa shape index (κ3) is 2.86. The van der Waals surface area contributed by atoms with Crippen molar-refractivity contribution < 1.29 is 0 Å². The van der Waals surface area contributed by atoms with Crippen LogP contribution in [0.15, 0.2) is 29.9 Å². The van der Waals surface area contributed by atoms with Crippen molar-refractivity contribution in [2.75, 3.05) is 0 Å². The van der Waals surface area contributed by atoms with E-state index in [4.69, 9.17) is 0 Å². The molecule has 0 aliphatic carbocycles. The molecule has 0 radical (unpaired) electrons. The van der Waals surface area contributed by atoms with Gasteiger partial charge in [-0.05, 0) is 24.1 Å². The lowest BCUT2D eigenvalue weighted by Crippen LogP contribution is -1.89. The van der Waals surface area contributed by atoms with Crippen LogP contribution in [-0.4, -0.2) is 9.97 Å². The van der Waals surface area contributed by atoms with Gasteiger partial charge in [-0.25, -0.2) is 4.98 Å². The molecule has 3 heteroatoms. The standard InChI is InChI=1S/C12H14N2S/c1-2-3-11-9-15-12(14-11)8-10-4-6-13-7-5-10/h4-7,9H,2-3,8H2,1H3. The first kappa shape index (κ1) is 10.3. The van der Waals surface area contributed by atoms with E-state index in [0.717, 1.165) is 12.8 Å². The average Bonchev–Trinajstić information content (AvgIpc) is 2.68. The first-order chi connectivity index (χ1) is 7.38. The van der Waals surface area contributed by atoms with E-state index in [1.807, 2.05) is 24.5 Å². The Balaban J connectivity index is 2.05. The van der Waals surface area contributed by atoms with Crippen molar-refractivity contribution in [2.24, 2.45) is 0 Å². The van der Waals surface area contributed by atoms with Crippen LogP contribution in [0.1, 0.15) is 29.6 Å². The largest absolute Gasteiger partial charge is 0.265 e. The number of hydrogen-bond donors (Lipinski definition) is 0. The Morgan fingerprint density at radius 2 is 2.07 bits per heavy atom. The minimum Gasteiger partial charge on any atom is -0.265 e. The van der Waals surface area contributed by atoms with Crippen LogP contribution in [0.4, 0.5) is 0 Å². The molecule has 0 spiro atoms. The monoisotopic (exact) mass is 218 g/mol. The molecule has 2 nitrogen and oxygen atoms in total. The van der Waals surface area contributed by atoms with Gasteiger partial charge in [0.15, 0.2) is 0 Å². The molecule has 0 aliphatic heterocycles. The third-order valence-electron chi connectivity index (χ3n) is 2.21. The smallest absolute Gasteiger partial charge is 0.0972 e. The van der Waals surface area contributed by atoms with Crippen molar-refractivity contribution in [3.8, 4) is 0 Å². The lowest BCUT2D eigenvalue weighted by molar-refractivity contribution is 0.883. The second-order valence-electron chi connectivity index (χ2n) is 3.51. The summed E-state index contributed by atoms with van der Waals surface area (Å²) in [6.07, 6.45) is 6.84. The van der Waals surface area contributed by atoms with E-state index >= 15 is 0 Å². The summed E-state index contributed by atoms with van der Waals surface area (Å²) in [5.74, 6) is 0. The van der Waals surface area contributed by atoms with Gasteiger partial charge in [0.05, 0.1) is 10.7 Å². The number of rotatable bonds is 4. The Morgan fingerprint density at radius 1 is 1.27 bits per heavy atom. The fourth-order valence-corrected chi connectivity index (χ4v) is 2.34. The van der Waals surface area contributed by atoms with E-state index in [1.165, 1.54) is 22.7 Å². The Kier molecular flexibility index (Phi) is 3.45. The lowest BCUT2D eigenvalue weighted by Gasteiger charge is -1.95. The van der Waals surface area contributed by atoms with Crippen LogP contribution in [0, 0.1) is 0 Å². The Labute approximate surface area is 94.0 Å². The van der Waals surface area contributed by atoms with Crippen LogP contribution >= 0.6 is 11.3 Å². The number of pyridine rings is 1. The van der Waals surface area contributed by atoms with Gasteiger partial charge in [-0.2, -0.15) is 0 Å². The third-order valence-corrected chi connectivity index (χ3v) is 3.11. The summed E-state index contributed by atoms with van der Waals surface area (Å²) in [6, 6.07) is 4.09. The van der Waals surface area contributed by atoms with Crippen molar-refractivity contribution in [2.45, 2.75) is 26.2 Å². The molecule has 0 fully saturated rings. The first-order valence-corrected chi connectivity index (χ1v) is 6.08. The molecule has 2 aromatic rings. The lowest BCUT2D eigenvalue weighted by atomic mass is 10.2. The molecule has 0 N–H and O–H groups in total. The quantitative estimate of drug-likeness (QED) is 0.788. The summed E-state index contributed by atoms with van der Waals surface area (Å²) in [7, 11) is 0. The van der Waals surface area contributed by atoms with Gasteiger partial charge in [-0.15, -0.1) is 11.3 Å². The fraction of sp³-hybridized carbons (Fsp3) is 0.333. The van der Waals surface area contributed by atoms with Crippen LogP contribution in [0.25, 0.3) is 0 Å². The molecule has 0 aromatic carbocycles. The number of hydrogen-bond acceptors (Lipinski definition) is 3. The van der Waals surface area contributed by atoms with Gasteiger partial charge in [0.25, 0.3) is 0 Å². The van der Waals surface area contributed by atoms with E-state index < -0.39 is 0 Å². The van der Waals surface area contributed by atoms with Crippen molar-refractivity contribution in [1.29, 1.82) is 0 Å². The predicted molar refractivity (Wildman–Crippen MR) is 63.2 cm³/mol. The van der Waals surface area contributed by atoms with Crippen LogP contribution < -0.4 is 0 Å². The molecule has 15 heavy (non-hydrogen) atoms. The number of nitrogens with zero attached hydrogens (tertiary/aromatic N) is 2. The molecule has 0 bridgehead atoms. The Hall–Kier alpha value is -1.22. The molecule has 2 aromatic heterocycles. The van der Waals surface area contributed by atoms with Crippen molar-refractivity contribution in [3.05, 3.63) is 46.2 Å². The Morgan fingerprint density at radius 3 is 2.80 bits per heavy atom. The summed E-state index contributed by atoms with van der Waals surface area (Å²) >= 11 is 1.75. The number of aromatic nitrogens is 2. The fourth-order valence-electron chi connectivity index (χ4n) is 1.48. The zero-order chi connectivity index (χ0) is 10.5. The van der Waals surface area contributed by atoms with Gasteiger partial charge in [-0.3, -0.25) is 4.98 Å². The molecule has 0 saturated heterocycles. The van der Waals surface area contributed by atoms with E-state index in [9.17, 15) is 0 Å². The minimum absolute atomic E-state index is 0.927. The van der Waals surface area contributed by atoms with Crippen LogP contribution in [-0.2, 0) is 12.8 Å². The zero-order valence-corrected chi connectivity index (χ0v) is 9.63. The Bertz CT molecular complexity index is 409. The highest BCUT2D eigenvalue weighted by Gasteiger charge is 2.02. The summed E-state index contributed by atoms with van der Waals surface area (Å²) in [6.45, 7) is 2.18. The predicted octanol–water partition coefficient (Wildman–Crippen LogP) is 3.08. The maximum absolute atomic E-state index is 4.59. The van der Waals surface area contributed by atoms with Crippen molar-refractivity contribution in [3.63, 3.8) is 0 Å². The molecule has 0 atom stereocenters. The van der Waals surface area contributed by atoms with Gasteiger partial charge in [-0.1, -0.05) is 13.3 Å². The highest BCUT2D eigenvalue weighted by molar-refractivity contribution is 7.09. The highest BCUT2D eigenvalue weighted by Crippen LogP contribution is 2.15. The maximum Gasteiger partial charge on any atom is 0.0972 e. The zero-order valence-electron chi connectivity index (χ0n) is 8.81. The van der Waals surface area contributed by atoms with E-state index in [-0.39, 0.29) is 0 Å². The van der Waals surface area contributed by atoms with Crippen LogP contribution in [0.2, 0.25) is 0 Å². The summed E-state index contributed by atoms with van der Waals surface area (Å²) in [5.41, 5.74) is 2.51. The van der Waals surface area contributed by atoms with Gasteiger partial charge in [0.1, 0.15) is 0 Å². The molecule has 0 unspecified atom stereocenters. The molecular weight excluding hydrogens is 204 g/mol. The van der Waals surface area contributed by atoms with Crippen molar-refractivity contribution >= 4 is 11.3 Å². The molecule has 2 heterocycles. The normalized spacial score (nSPS) is 10.5. The molecular formula is C12H14N2S. The second-order valence-corrected chi connectivity index (χ2v) is 4.46. The topological polar surface area (TPSA) is 25.8 Å². The molecule has 0 aliphatic rings. The number of thiazole rings is 1. The molecule has 0 saturated carbocycles.